The number of rotatable bonds is 5. The largest absolute Gasteiger partial charge is 0.352 e. The Balaban J connectivity index is 1.53. The summed E-state index contributed by atoms with van der Waals surface area (Å²) in [5.74, 6) is 0.226. The lowest BCUT2D eigenvalue weighted by Gasteiger charge is -2.35. The van der Waals surface area contributed by atoms with Crippen molar-refractivity contribution in [3.8, 4) is 0 Å². The normalized spacial score (nSPS) is 19.8. The smallest absolute Gasteiger partial charge is 0.250 e. The van der Waals surface area contributed by atoms with Crippen LogP contribution < -0.4 is 10.9 Å². The van der Waals surface area contributed by atoms with Gasteiger partial charge in [0.1, 0.15) is 6.54 Å². The number of nitrogens with zero attached hydrogens (tertiary/aromatic N) is 3. The molecule has 1 fully saturated rings. The van der Waals surface area contributed by atoms with Crippen LogP contribution in [0.15, 0.2) is 17.2 Å². The Morgan fingerprint density at radius 3 is 2.79 bits per heavy atom. The van der Waals surface area contributed by atoms with Crippen molar-refractivity contribution in [2.24, 2.45) is 0 Å². The highest BCUT2D eigenvalue weighted by molar-refractivity contribution is 5.76. The molecule has 1 aliphatic carbocycles. The monoisotopic (exact) mass is 329 g/mol. The van der Waals surface area contributed by atoms with Crippen LogP contribution in [-0.2, 0) is 17.8 Å². The van der Waals surface area contributed by atoms with E-state index in [4.69, 9.17) is 0 Å². The van der Waals surface area contributed by atoms with E-state index in [1.807, 2.05) is 13.8 Å². The van der Waals surface area contributed by atoms with Crippen molar-refractivity contribution in [1.29, 1.82) is 0 Å². The quantitative estimate of drug-likeness (QED) is 0.862. The number of aromatic nitrogens is 4. The van der Waals surface area contributed by atoms with Gasteiger partial charge in [-0.3, -0.25) is 14.3 Å². The fourth-order valence-corrected chi connectivity index (χ4v) is 3.39. The Hall–Kier alpha value is -2.44. The summed E-state index contributed by atoms with van der Waals surface area (Å²) in [6, 6.07) is 1.68. The maximum atomic E-state index is 12.2. The van der Waals surface area contributed by atoms with Crippen molar-refractivity contribution >= 4 is 5.91 Å². The summed E-state index contributed by atoms with van der Waals surface area (Å²) < 4.78 is 1.78. The number of amides is 1. The molecule has 24 heavy (non-hydrogen) atoms. The van der Waals surface area contributed by atoms with Gasteiger partial charge in [-0.05, 0) is 38.7 Å². The van der Waals surface area contributed by atoms with E-state index in [1.54, 1.807) is 4.68 Å². The molecular weight excluding hydrogens is 306 g/mol. The molecule has 0 saturated heterocycles. The van der Waals surface area contributed by atoms with E-state index < -0.39 is 0 Å². The molecule has 2 heterocycles. The van der Waals surface area contributed by atoms with Gasteiger partial charge in [-0.25, -0.2) is 4.98 Å². The molecule has 128 valence electrons. The van der Waals surface area contributed by atoms with Gasteiger partial charge < -0.3 is 10.3 Å². The predicted octanol–water partition coefficient (Wildman–Crippen LogP) is 1.21. The number of H-pyrrole nitrogens is 1. The molecule has 0 atom stereocenters. The van der Waals surface area contributed by atoms with E-state index >= 15 is 0 Å². The molecule has 2 N–H and O–H groups in total. The number of hydrogen-bond donors (Lipinski definition) is 2. The zero-order valence-electron chi connectivity index (χ0n) is 14.3. The van der Waals surface area contributed by atoms with E-state index in [0.717, 1.165) is 36.3 Å². The van der Waals surface area contributed by atoms with Crippen molar-refractivity contribution in [3.05, 3.63) is 45.4 Å². The van der Waals surface area contributed by atoms with Gasteiger partial charge >= 0.3 is 0 Å². The van der Waals surface area contributed by atoms with Crippen LogP contribution in [0.3, 0.4) is 0 Å². The average molecular weight is 329 g/mol. The molecular formula is C17H23N5O2. The first kappa shape index (κ1) is 16.4. The van der Waals surface area contributed by atoms with E-state index in [1.165, 1.54) is 18.0 Å². The Kier molecular flexibility index (Phi) is 4.51. The Morgan fingerprint density at radius 1 is 1.42 bits per heavy atom. The van der Waals surface area contributed by atoms with Crippen molar-refractivity contribution in [2.75, 3.05) is 0 Å². The highest BCUT2D eigenvalue weighted by Crippen LogP contribution is 2.35. The Labute approximate surface area is 140 Å². The molecule has 1 aliphatic rings. The van der Waals surface area contributed by atoms with Gasteiger partial charge in [-0.15, -0.1) is 0 Å². The number of hydrogen-bond acceptors (Lipinski definition) is 4. The predicted molar refractivity (Wildman–Crippen MR) is 89.8 cm³/mol. The summed E-state index contributed by atoms with van der Waals surface area (Å²) in [7, 11) is 0. The first-order valence-corrected chi connectivity index (χ1v) is 8.34. The summed E-state index contributed by atoms with van der Waals surface area (Å²) in [5.41, 5.74) is 3.93. The summed E-state index contributed by atoms with van der Waals surface area (Å²) >= 11 is 0. The van der Waals surface area contributed by atoms with Crippen LogP contribution in [0.25, 0.3) is 0 Å². The van der Waals surface area contributed by atoms with Gasteiger partial charge in [0.15, 0.2) is 0 Å². The molecule has 2 aromatic heterocycles. The maximum Gasteiger partial charge on any atom is 0.250 e. The van der Waals surface area contributed by atoms with Crippen LogP contribution in [0.1, 0.15) is 48.3 Å². The van der Waals surface area contributed by atoms with Gasteiger partial charge in [-0.1, -0.05) is 6.92 Å². The van der Waals surface area contributed by atoms with Crippen LogP contribution in [0.5, 0.6) is 0 Å². The van der Waals surface area contributed by atoms with Gasteiger partial charge in [0.05, 0.1) is 17.7 Å². The first-order valence-electron chi connectivity index (χ1n) is 8.34. The molecule has 0 bridgehead atoms. The van der Waals surface area contributed by atoms with Crippen molar-refractivity contribution < 1.29 is 4.79 Å². The van der Waals surface area contributed by atoms with Crippen molar-refractivity contribution in [2.45, 2.75) is 58.5 Å². The molecule has 0 radical (unpaired) electrons. The minimum absolute atomic E-state index is 0.0226. The van der Waals surface area contributed by atoms with E-state index in [9.17, 15) is 9.59 Å². The Bertz CT molecular complexity index is 802. The SMILES string of the molecule is CCc1c(C)nn(CC(=O)NC2CC(c3cc(=O)[nH]cn3)C2)c1C. The second kappa shape index (κ2) is 6.59. The molecule has 0 aromatic carbocycles. The lowest BCUT2D eigenvalue weighted by atomic mass is 9.78. The molecule has 7 nitrogen and oxygen atoms in total. The topological polar surface area (TPSA) is 92.7 Å². The van der Waals surface area contributed by atoms with Gasteiger partial charge in [0.25, 0.3) is 5.56 Å². The number of carbonyl (C=O) groups is 1. The van der Waals surface area contributed by atoms with Crippen molar-refractivity contribution in [3.63, 3.8) is 0 Å². The molecule has 1 saturated carbocycles. The second-order valence-corrected chi connectivity index (χ2v) is 6.43. The second-order valence-electron chi connectivity index (χ2n) is 6.43. The minimum Gasteiger partial charge on any atom is -0.352 e. The summed E-state index contributed by atoms with van der Waals surface area (Å²) in [6.45, 7) is 6.32. The third kappa shape index (κ3) is 3.25. The standard InChI is InChI=1S/C17H23N5O2/c1-4-14-10(2)21-22(11(14)3)8-17(24)20-13-5-12(6-13)15-7-16(23)19-9-18-15/h7,9,12-13H,4-6,8H2,1-3H3,(H,20,24)(H,18,19,23). The zero-order chi connectivity index (χ0) is 17.3. The molecule has 1 amide bonds. The van der Waals surface area contributed by atoms with Gasteiger partial charge in [0, 0.05) is 23.7 Å². The third-order valence-corrected chi connectivity index (χ3v) is 4.80. The summed E-state index contributed by atoms with van der Waals surface area (Å²) in [5, 5.41) is 7.49. The molecule has 0 unspecified atom stereocenters. The number of aryl methyl sites for hydroxylation is 1. The maximum absolute atomic E-state index is 12.2. The summed E-state index contributed by atoms with van der Waals surface area (Å²) in [6.07, 6.45) is 3.99. The molecule has 2 aromatic rings. The highest BCUT2D eigenvalue weighted by Gasteiger charge is 2.32. The van der Waals surface area contributed by atoms with Crippen LogP contribution in [0.2, 0.25) is 0 Å². The number of aromatic amines is 1. The summed E-state index contributed by atoms with van der Waals surface area (Å²) in [4.78, 5) is 30.2. The lowest BCUT2D eigenvalue weighted by Crippen LogP contribution is -2.45. The molecule has 3 rings (SSSR count). The van der Waals surface area contributed by atoms with Crippen LogP contribution >= 0.6 is 0 Å². The fraction of sp³-hybridized carbons (Fsp3) is 0.529. The van der Waals surface area contributed by atoms with Gasteiger partial charge in [0.2, 0.25) is 5.91 Å². The molecule has 0 spiro atoms. The van der Waals surface area contributed by atoms with Crippen molar-refractivity contribution in [1.82, 2.24) is 25.1 Å². The minimum atomic E-state index is -0.135. The molecule has 0 aliphatic heterocycles. The zero-order valence-corrected chi connectivity index (χ0v) is 14.3. The van der Waals surface area contributed by atoms with Gasteiger partial charge in [-0.2, -0.15) is 5.10 Å². The van der Waals surface area contributed by atoms with Crippen LogP contribution in [-0.4, -0.2) is 31.7 Å². The lowest BCUT2D eigenvalue weighted by molar-refractivity contribution is -0.123. The van der Waals surface area contributed by atoms with Crippen LogP contribution in [0.4, 0.5) is 0 Å². The number of carbonyl (C=O) groups excluding carboxylic acids is 1. The third-order valence-electron chi connectivity index (χ3n) is 4.80. The highest BCUT2D eigenvalue weighted by atomic mass is 16.2. The van der Waals surface area contributed by atoms with E-state index in [2.05, 4.69) is 27.3 Å². The Morgan fingerprint density at radius 2 is 2.17 bits per heavy atom. The fourth-order valence-electron chi connectivity index (χ4n) is 3.39. The first-order chi connectivity index (χ1) is 11.5. The number of nitrogens with one attached hydrogen (secondary N) is 2. The average Bonchev–Trinajstić information content (AvgIpc) is 2.76. The van der Waals surface area contributed by atoms with E-state index in [-0.39, 0.29) is 30.0 Å². The van der Waals surface area contributed by atoms with E-state index in [0.29, 0.717) is 0 Å². The van der Waals surface area contributed by atoms with Crippen LogP contribution in [0, 0.1) is 13.8 Å². The molecule has 7 heteroatoms.